The molecule has 1 heterocycles. The van der Waals surface area contributed by atoms with Crippen molar-refractivity contribution in [3.63, 3.8) is 0 Å². The summed E-state index contributed by atoms with van der Waals surface area (Å²) in [6.07, 6.45) is 0. The Labute approximate surface area is 107 Å². The molecule has 0 aliphatic carbocycles. The van der Waals surface area contributed by atoms with Gasteiger partial charge in [-0.3, -0.25) is 0 Å². The largest absolute Gasteiger partial charge is 0.370 e. The van der Waals surface area contributed by atoms with Gasteiger partial charge in [-0.05, 0) is 28.4 Å². The fraction of sp³-hybridized carbons (Fsp3) is 0.250. The molecule has 1 aromatic carbocycles. The first-order valence-electron chi connectivity index (χ1n) is 4.99. The summed E-state index contributed by atoms with van der Waals surface area (Å²) in [5.41, 5.74) is 2.17. The molecule has 0 saturated carbocycles. The summed E-state index contributed by atoms with van der Waals surface area (Å²) < 4.78 is 6.68. The van der Waals surface area contributed by atoms with Crippen molar-refractivity contribution in [1.82, 2.24) is 4.98 Å². The Morgan fingerprint density at radius 1 is 1.25 bits per heavy atom. The lowest BCUT2D eigenvalue weighted by Crippen LogP contribution is -1.94. The molecule has 84 valence electrons. The van der Waals surface area contributed by atoms with Crippen molar-refractivity contribution in [2.75, 3.05) is 0 Å². The highest BCUT2D eigenvalue weighted by Crippen LogP contribution is 2.24. The van der Waals surface area contributed by atoms with Crippen LogP contribution in [0.15, 0.2) is 34.1 Å². The van der Waals surface area contributed by atoms with E-state index in [2.05, 4.69) is 33.0 Å². The average Bonchev–Trinajstić information content (AvgIpc) is 2.59. The van der Waals surface area contributed by atoms with E-state index < -0.39 is 0 Å². The molecule has 0 aliphatic heterocycles. The van der Waals surface area contributed by atoms with E-state index in [9.17, 15) is 0 Å². The summed E-state index contributed by atoms with van der Waals surface area (Å²) >= 11 is 5.12. The Balaban J connectivity index is 1.87. The predicted molar refractivity (Wildman–Crippen MR) is 69.5 cm³/mol. The number of halogens is 1. The van der Waals surface area contributed by atoms with Gasteiger partial charge in [-0.15, -0.1) is 11.3 Å². The maximum Gasteiger partial charge on any atom is 0.0955 e. The maximum atomic E-state index is 5.61. The zero-order valence-corrected chi connectivity index (χ0v) is 11.3. The van der Waals surface area contributed by atoms with Gasteiger partial charge in [0, 0.05) is 0 Å². The van der Waals surface area contributed by atoms with Crippen LogP contribution in [0, 0.1) is 6.92 Å². The minimum atomic E-state index is 0.555. The van der Waals surface area contributed by atoms with E-state index in [1.54, 1.807) is 11.3 Å². The number of aromatic nitrogens is 1. The van der Waals surface area contributed by atoms with Crippen LogP contribution in [-0.4, -0.2) is 4.98 Å². The second kappa shape index (κ2) is 5.57. The molecule has 4 heteroatoms. The molecular weight excluding hydrogens is 286 g/mol. The fourth-order valence-electron chi connectivity index (χ4n) is 1.37. The van der Waals surface area contributed by atoms with Gasteiger partial charge in [0.05, 0.1) is 27.7 Å². The van der Waals surface area contributed by atoms with Gasteiger partial charge in [0.15, 0.2) is 0 Å². The quantitative estimate of drug-likeness (QED) is 0.853. The first-order chi connectivity index (χ1) is 7.75. The van der Waals surface area contributed by atoms with Gasteiger partial charge in [-0.25, -0.2) is 4.98 Å². The lowest BCUT2D eigenvalue weighted by molar-refractivity contribution is 0.104. The van der Waals surface area contributed by atoms with Gasteiger partial charge < -0.3 is 4.74 Å². The van der Waals surface area contributed by atoms with E-state index in [-0.39, 0.29) is 0 Å². The summed E-state index contributed by atoms with van der Waals surface area (Å²) in [6.45, 7) is 3.18. The Morgan fingerprint density at radius 3 is 2.62 bits per heavy atom. The molecule has 0 spiro atoms. The Kier molecular flexibility index (Phi) is 4.09. The number of ether oxygens (including phenoxy) is 1. The van der Waals surface area contributed by atoms with Gasteiger partial charge >= 0.3 is 0 Å². The van der Waals surface area contributed by atoms with Gasteiger partial charge in [0.2, 0.25) is 0 Å². The van der Waals surface area contributed by atoms with Gasteiger partial charge in [-0.1, -0.05) is 30.3 Å². The highest BCUT2D eigenvalue weighted by molar-refractivity contribution is 9.11. The average molecular weight is 298 g/mol. The van der Waals surface area contributed by atoms with Crippen LogP contribution in [0.4, 0.5) is 0 Å². The van der Waals surface area contributed by atoms with Crippen LogP contribution >= 0.6 is 27.3 Å². The highest BCUT2D eigenvalue weighted by atomic mass is 79.9. The van der Waals surface area contributed by atoms with E-state index in [1.165, 1.54) is 5.56 Å². The normalized spacial score (nSPS) is 10.6. The summed E-state index contributed by atoms with van der Waals surface area (Å²) in [4.78, 5) is 4.39. The molecule has 0 radical (unpaired) electrons. The Bertz CT molecular complexity index is 455. The number of hydrogen-bond acceptors (Lipinski definition) is 3. The first kappa shape index (κ1) is 11.8. The smallest absolute Gasteiger partial charge is 0.0955 e. The van der Waals surface area contributed by atoms with Crippen LogP contribution in [0.25, 0.3) is 0 Å². The van der Waals surface area contributed by atoms with Gasteiger partial charge in [0.1, 0.15) is 0 Å². The van der Waals surface area contributed by atoms with E-state index in [4.69, 9.17) is 4.74 Å². The number of nitrogens with zero attached hydrogens (tertiary/aromatic N) is 1. The van der Waals surface area contributed by atoms with Gasteiger partial charge in [0.25, 0.3) is 0 Å². The highest BCUT2D eigenvalue weighted by Gasteiger charge is 2.05. The lowest BCUT2D eigenvalue weighted by Gasteiger charge is -2.02. The van der Waals surface area contributed by atoms with E-state index in [1.807, 2.05) is 25.1 Å². The molecule has 0 saturated heterocycles. The summed E-state index contributed by atoms with van der Waals surface area (Å²) in [5.74, 6) is 0. The van der Waals surface area contributed by atoms with Crippen molar-refractivity contribution < 1.29 is 4.74 Å². The zero-order valence-electron chi connectivity index (χ0n) is 8.94. The number of thiazole rings is 1. The second-order valence-electron chi connectivity index (χ2n) is 3.43. The third-order valence-electron chi connectivity index (χ3n) is 2.11. The molecule has 0 atom stereocenters. The summed E-state index contributed by atoms with van der Waals surface area (Å²) in [5, 5.41) is 1.06. The van der Waals surface area contributed by atoms with E-state index >= 15 is 0 Å². The third-order valence-corrected chi connectivity index (χ3v) is 3.85. The molecule has 2 rings (SSSR count). The fourth-order valence-corrected chi connectivity index (χ4v) is 2.92. The topological polar surface area (TPSA) is 22.1 Å². The Hall–Kier alpha value is -0.710. The van der Waals surface area contributed by atoms with Crippen molar-refractivity contribution in [3.8, 4) is 0 Å². The molecule has 2 nitrogen and oxygen atoms in total. The monoisotopic (exact) mass is 297 g/mol. The molecular formula is C12H12BrNOS. The Morgan fingerprint density at radius 2 is 2.00 bits per heavy atom. The third kappa shape index (κ3) is 3.14. The molecule has 0 fully saturated rings. The summed E-state index contributed by atoms with van der Waals surface area (Å²) in [6, 6.07) is 10.1. The van der Waals surface area contributed by atoms with Crippen molar-refractivity contribution in [3.05, 3.63) is 50.4 Å². The minimum absolute atomic E-state index is 0.555. The molecule has 0 bridgehead atoms. The molecule has 16 heavy (non-hydrogen) atoms. The molecule has 0 amide bonds. The maximum absolute atomic E-state index is 5.61. The van der Waals surface area contributed by atoms with Crippen LogP contribution in [-0.2, 0) is 18.0 Å². The lowest BCUT2D eigenvalue weighted by atomic mass is 10.2. The molecule has 0 N–H and O–H groups in total. The predicted octanol–water partition coefficient (Wildman–Crippen LogP) is 3.93. The number of rotatable bonds is 4. The number of benzene rings is 1. The van der Waals surface area contributed by atoms with E-state index in [0.29, 0.717) is 13.2 Å². The zero-order chi connectivity index (χ0) is 11.4. The van der Waals surface area contributed by atoms with Crippen LogP contribution in [0.2, 0.25) is 0 Å². The molecule has 2 aromatic rings. The molecule has 0 aliphatic rings. The van der Waals surface area contributed by atoms with Crippen LogP contribution in [0.1, 0.15) is 16.3 Å². The van der Waals surface area contributed by atoms with E-state index in [0.717, 1.165) is 14.5 Å². The van der Waals surface area contributed by atoms with Crippen LogP contribution in [0.5, 0.6) is 0 Å². The van der Waals surface area contributed by atoms with Crippen LogP contribution in [0.3, 0.4) is 0 Å². The summed E-state index contributed by atoms with van der Waals surface area (Å²) in [7, 11) is 0. The van der Waals surface area contributed by atoms with Crippen molar-refractivity contribution in [2.45, 2.75) is 20.1 Å². The SMILES string of the molecule is Cc1nc(COCc2ccccc2)c(Br)s1. The van der Waals surface area contributed by atoms with Crippen LogP contribution < -0.4 is 0 Å². The first-order valence-corrected chi connectivity index (χ1v) is 6.60. The molecule has 0 unspecified atom stereocenters. The van der Waals surface area contributed by atoms with Crippen molar-refractivity contribution in [2.24, 2.45) is 0 Å². The van der Waals surface area contributed by atoms with Crippen molar-refractivity contribution in [1.29, 1.82) is 0 Å². The van der Waals surface area contributed by atoms with Crippen molar-refractivity contribution >= 4 is 27.3 Å². The standard InChI is InChI=1S/C12H12BrNOS/c1-9-14-11(12(13)16-9)8-15-7-10-5-3-2-4-6-10/h2-6H,7-8H2,1H3. The molecule has 1 aromatic heterocycles. The van der Waals surface area contributed by atoms with Gasteiger partial charge in [-0.2, -0.15) is 0 Å². The minimum Gasteiger partial charge on any atom is -0.370 e. The number of aryl methyl sites for hydroxylation is 1. The second-order valence-corrected chi connectivity index (χ2v) is 5.95. The number of hydrogen-bond donors (Lipinski definition) is 0.